The van der Waals surface area contributed by atoms with Gasteiger partial charge < -0.3 is 20.7 Å². The SMILES string of the molecule is Nc1ncnc2c1ncn2[C@@]1(O)CO[C@H](CNS(=O)(=O)/C=C/c2ccccc2)[C@H]1O. The van der Waals surface area contributed by atoms with Crippen molar-refractivity contribution in [2.24, 2.45) is 0 Å². The number of imidazole rings is 1. The number of hydrogen-bond acceptors (Lipinski definition) is 9. The van der Waals surface area contributed by atoms with E-state index >= 15 is 0 Å². The Morgan fingerprint density at radius 3 is 2.83 bits per heavy atom. The van der Waals surface area contributed by atoms with Gasteiger partial charge in [-0.15, -0.1) is 0 Å². The van der Waals surface area contributed by atoms with Gasteiger partial charge in [-0.25, -0.2) is 28.1 Å². The normalized spacial score (nSPS) is 24.7. The number of hydrogen-bond donors (Lipinski definition) is 4. The van der Waals surface area contributed by atoms with E-state index in [0.717, 1.165) is 11.0 Å². The van der Waals surface area contributed by atoms with Crippen LogP contribution >= 0.6 is 0 Å². The van der Waals surface area contributed by atoms with Crippen molar-refractivity contribution in [3.63, 3.8) is 0 Å². The standard InChI is InChI=1S/C18H20N6O5S/c19-16-14-17(21-10-20-16)24(11-22-14)18(26)9-29-13(15(18)25)8-23-30(27,28)7-6-12-4-2-1-3-5-12/h1-7,10-11,13,15,23,25-26H,8-9H2,(H2,19,20,21)/b7-6+/t13-,15-,18-/m1/s1. The van der Waals surface area contributed by atoms with Gasteiger partial charge in [0.2, 0.25) is 10.0 Å². The summed E-state index contributed by atoms with van der Waals surface area (Å²) in [6, 6.07) is 8.95. The average Bonchev–Trinajstić information content (AvgIpc) is 3.30. The molecule has 2 aromatic heterocycles. The fraction of sp³-hybridized carbons (Fsp3) is 0.278. The molecular formula is C18H20N6O5S. The molecule has 158 valence electrons. The zero-order chi connectivity index (χ0) is 21.4. The monoisotopic (exact) mass is 432 g/mol. The molecule has 1 aliphatic heterocycles. The summed E-state index contributed by atoms with van der Waals surface area (Å²) in [6.45, 7) is -0.537. The van der Waals surface area contributed by atoms with Gasteiger partial charge in [0, 0.05) is 12.0 Å². The van der Waals surface area contributed by atoms with E-state index in [4.69, 9.17) is 10.5 Å². The molecule has 4 rings (SSSR count). The number of anilines is 1. The molecule has 5 N–H and O–H groups in total. The number of aliphatic hydroxyl groups is 2. The highest BCUT2D eigenvalue weighted by Crippen LogP contribution is 2.32. The van der Waals surface area contributed by atoms with Crippen LogP contribution in [0.2, 0.25) is 0 Å². The van der Waals surface area contributed by atoms with Crippen molar-refractivity contribution >= 4 is 33.1 Å². The van der Waals surface area contributed by atoms with E-state index < -0.39 is 28.0 Å². The maximum atomic E-state index is 12.2. The van der Waals surface area contributed by atoms with E-state index in [1.54, 1.807) is 24.3 Å². The van der Waals surface area contributed by atoms with Gasteiger partial charge in [0.1, 0.15) is 24.1 Å². The van der Waals surface area contributed by atoms with Crippen LogP contribution in [0.1, 0.15) is 5.56 Å². The summed E-state index contributed by atoms with van der Waals surface area (Å²) in [4.78, 5) is 12.0. The number of nitrogens with one attached hydrogen (secondary N) is 1. The molecule has 0 spiro atoms. The fourth-order valence-corrected chi connectivity index (χ4v) is 4.03. The number of aromatic nitrogens is 4. The molecule has 0 bridgehead atoms. The van der Waals surface area contributed by atoms with Gasteiger partial charge in [-0.05, 0) is 11.6 Å². The lowest BCUT2D eigenvalue weighted by Gasteiger charge is -2.27. The van der Waals surface area contributed by atoms with Gasteiger partial charge in [0.05, 0.1) is 12.9 Å². The van der Waals surface area contributed by atoms with Crippen LogP contribution in [0.3, 0.4) is 0 Å². The predicted octanol–water partition coefficient (Wildman–Crippen LogP) is -0.596. The van der Waals surface area contributed by atoms with Crippen molar-refractivity contribution in [3.8, 4) is 0 Å². The Morgan fingerprint density at radius 2 is 2.07 bits per heavy atom. The third kappa shape index (κ3) is 3.78. The summed E-state index contributed by atoms with van der Waals surface area (Å²) in [7, 11) is -3.78. The Balaban J connectivity index is 1.47. The van der Waals surface area contributed by atoms with Crippen molar-refractivity contribution in [3.05, 3.63) is 54.0 Å². The zero-order valence-electron chi connectivity index (χ0n) is 15.7. The van der Waals surface area contributed by atoms with Gasteiger partial charge in [0.25, 0.3) is 0 Å². The second kappa shape index (κ2) is 7.74. The van der Waals surface area contributed by atoms with Crippen molar-refractivity contribution in [2.75, 3.05) is 18.9 Å². The van der Waals surface area contributed by atoms with E-state index in [0.29, 0.717) is 0 Å². The smallest absolute Gasteiger partial charge is 0.233 e. The van der Waals surface area contributed by atoms with Crippen molar-refractivity contribution < 1.29 is 23.4 Å². The molecule has 1 fully saturated rings. The van der Waals surface area contributed by atoms with E-state index in [1.807, 2.05) is 6.07 Å². The Labute approximate surface area is 171 Å². The molecular weight excluding hydrogens is 412 g/mol. The summed E-state index contributed by atoms with van der Waals surface area (Å²) in [5.41, 5.74) is 5.07. The number of fused-ring (bicyclic) bond motifs is 1. The quantitative estimate of drug-likeness (QED) is 0.398. The molecule has 0 unspecified atom stereocenters. The van der Waals surface area contributed by atoms with Gasteiger partial charge in [-0.1, -0.05) is 30.3 Å². The Morgan fingerprint density at radius 1 is 1.30 bits per heavy atom. The second-order valence-corrected chi connectivity index (χ2v) is 8.48. The predicted molar refractivity (Wildman–Crippen MR) is 108 cm³/mol. The summed E-state index contributed by atoms with van der Waals surface area (Å²) in [6.07, 6.45) is 1.49. The molecule has 3 heterocycles. The maximum absolute atomic E-state index is 12.2. The molecule has 0 radical (unpaired) electrons. The summed E-state index contributed by atoms with van der Waals surface area (Å²) < 4.78 is 33.5. The molecule has 1 aliphatic rings. The number of aliphatic hydroxyl groups excluding tert-OH is 1. The van der Waals surface area contributed by atoms with Crippen molar-refractivity contribution in [1.29, 1.82) is 0 Å². The number of sulfonamides is 1. The Hall–Kier alpha value is -2.90. The minimum Gasteiger partial charge on any atom is -0.385 e. The average molecular weight is 432 g/mol. The van der Waals surface area contributed by atoms with Crippen LogP contribution in [0, 0.1) is 0 Å². The molecule has 1 saturated heterocycles. The summed E-state index contributed by atoms with van der Waals surface area (Å²) in [5, 5.41) is 22.7. The minimum atomic E-state index is -3.78. The first-order valence-corrected chi connectivity index (χ1v) is 10.5. The summed E-state index contributed by atoms with van der Waals surface area (Å²) >= 11 is 0. The largest absolute Gasteiger partial charge is 0.385 e. The molecule has 11 nitrogen and oxygen atoms in total. The van der Waals surface area contributed by atoms with Crippen LogP contribution < -0.4 is 10.5 Å². The number of nitrogen functional groups attached to an aromatic ring is 1. The molecule has 3 atom stereocenters. The lowest BCUT2D eigenvalue weighted by atomic mass is 10.1. The first kappa shape index (κ1) is 20.4. The first-order valence-electron chi connectivity index (χ1n) is 8.99. The van der Waals surface area contributed by atoms with Crippen molar-refractivity contribution in [1.82, 2.24) is 24.2 Å². The first-order chi connectivity index (χ1) is 14.3. The lowest BCUT2D eigenvalue weighted by Crippen LogP contribution is -2.48. The second-order valence-electron chi connectivity index (χ2n) is 6.83. The molecule has 0 aliphatic carbocycles. The van der Waals surface area contributed by atoms with Gasteiger partial charge >= 0.3 is 0 Å². The highest BCUT2D eigenvalue weighted by atomic mass is 32.2. The molecule has 0 amide bonds. The van der Waals surface area contributed by atoms with E-state index in [2.05, 4.69) is 19.7 Å². The van der Waals surface area contributed by atoms with E-state index in [1.165, 1.54) is 23.3 Å². The highest BCUT2D eigenvalue weighted by molar-refractivity contribution is 7.92. The topological polar surface area (TPSA) is 165 Å². The van der Waals surface area contributed by atoms with Crippen LogP contribution in [-0.2, 0) is 20.5 Å². The highest BCUT2D eigenvalue weighted by Gasteiger charge is 2.50. The summed E-state index contributed by atoms with van der Waals surface area (Å²) in [5.74, 6) is 0.130. The number of nitrogens with zero attached hydrogens (tertiary/aromatic N) is 4. The Kier molecular flexibility index (Phi) is 5.26. The third-order valence-electron chi connectivity index (χ3n) is 4.84. The van der Waals surface area contributed by atoms with Crippen LogP contribution in [-0.4, -0.2) is 63.5 Å². The van der Waals surface area contributed by atoms with Crippen molar-refractivity contribution in [2.45, 2.75) is 17.9 Å². The minimum absolute atomic E-state index is 0.130. The lowest BCUT2D eigenvalue weighted by molar-refractivity contribution is -0.107. The van der Waals surface area contributed by atoms with Gasteiger partial charge in [-0.3, -0.25) is 4.57 Å². The number of nitrogens with two attached hydrogens (primary N) is 1. The molecule has 0 saturated carbocycles. The van der Waals surface area contributed by atoms with Crippen LogP contribution in [0.25, 0.3) is 17.2 Å². The van der Waals surface area contributed by atoms with Gasteiger partial charge in [0.15, 0.2) is 17.2 Å². The fourth-order valence-electron chi connectivity index (χ4n) is 3.20. The molecule has 30 heavy (non-hydrogen) atoms. The molecule has 3 aromatic rings. The number of rotatable bonds is 6. The number of benzene rings is 1. The molecule has 1 aromatic carbocycles. The zero-order valence-corrected chi connectivity index (χ0v) is 16.5. The van der Waals surface area contributed by atoms with Crippen LogP contribution in [0.5, 0.6) is 0 Å². The van der Waals surface area contributed by atoms with Crippen LogP contribution in [0.15, 0.2) is 48.4 Å². The molecule has 12 heteroatoms. The van der Waals surface area contributed by atoms with Gasteiger partial charge in [-0.2, -0.15) is 0 Å². The third-order valence-corrected chi connectivity index (χ3v) is 5.90. The van der Waals surface area contributed by atoms with E-state index in [9.17, 15) is 18.6 Å². The Bertz CT molecular complexity index is 1180. The van der Waals surface area contributed by atoms with Crippen LogP contribution in [0.4, 0.5) is 5.82 Å². The van der Waals surface area contributed by atoms with E-state index in [-0.39, 0.29) is 30.1 Å². The maximum Gasteiger partial charge on any atom is 0.233 e. The number of ether oxygens (including phenoxy) is 1.